The van der Waals surface area contributed by atoms with Crippen LogP contribution < -0.4 is 5.32 Å². The largest absolute Gasteiger partial charge is 0.309 e. The van der Waals surface area contributed by atoms with E-state index in [1.165, 1.54) is 10.5 Å². The van der Waals surface area contributed by atoms with Crippen LogP contribution in [0.2, 0.25) is 0 Å². The summed E-state index contributed by atoms with van der Waals surface area (Å²) in [5.74, 6) is 1.02. The maximum absolute atomic E-state index is 4.19. The van der Waals surface area contributed by atoms with Crippen LogP contribution in [0.25, 0.3) is 0 Å². The molecule has 2 aromatic rings. The van der Waals surface area contributed by atoms with Gasteiger partial charge in [-0.25, -0.2) is 0 Å². The van der Waals surface area contributed by atoms with Crippen LogP contribution >= 0.6 is 11.8 Å². The molecule has 0 saturated carbocycles. The molecule has 0 amide bonds. The third kappa shape index (κ3) is 3.62. The van der Waals surface area contributed by atoms with Crippen LogP contribution in [-0.4, -0.2) is 22.1 Å². The van der Waals surface area contributed by atoms with Crippen molar-refractivity contribution >= 4 is 11.8 Å². The summed E-state index contributed by atoms with van der Waals surface area (Å²) in [6.07, 6.45) is 3.97. The van der Waals surface area contributed by atoms with Crippen molar-refractivity contribution in [3.63, 3.8) is 0 Å². The monoisotopic (exact) mass is 261 g/mol. The SMILES string of the molecule is CCNC(CSc1cnn(C)c1)c1ccccc1. The fourth-order valence-electron chi connectivity index (χ4n) is 1.86. The minimum Gasteiger partial charge on any atom is -0.309 e. The van der Waals surface area contributed by atoms with Crippen molar-refractivity contribution in [2.75, 3.05) is 12.3 Å². The van der Waals surface area contributed by atoms with Crippen LogP contribution in [0.1, 0.15) is 18.5 Å². The molecule has 0 bridgehead atoms. The highest BCUT2D eigenvalue weighted by molar-refractivity contribution is 7.99. The Hall–Kier alpha value is -1.26. The Balaban J connectivity index is 1.98. The number of nitrogens with one attached hydrogen (secondary N) is 1. The molecule has 0 saturated heterocycles. The van der Waals surface area contributed by atoms with Gasteiger partial charge in [-0.05, 0) is 12.1 Å². The molecule has 0 aliphatic carbocycles. The molecule has 0 aliphatic rings. The van der Waals surface area contributed by atoms with Crippen molar-refractivity contribution in [3.05, 3.63) is 48.3 Å². The quantitative estimate of drug-likeness (QED) is 0.811. The zero-order valence-electron chi connectivity index (χ0n) is 10.8. The molecule has 0 fully saturated rings. The predicted octanol–water partition coefficient (Wildman–Crippen LogP) is 2.86. The summed E-state index contributed by atoms with van der Waals surface area (Å²) in [7, 11) is 1.95. The summed E-state index contributed by atoms with van der Waals surface area (Å²) in [4.78, 5) is 1.22. The summed E-state index contributed by atoms with van der Waals surface area (Å²) in [5.41, 5.74) is 1.34. The van der Waals surface area contributed by atoms with Crippen LogP contribution in [0, 0.1) is 0 Å². The summed E-state index contributed by atoms with van der Waals surface area (Å²) in [5, 5.41) is 7.72. The Bertz CT molecular complexity index is 467. The number of aromatic nitrogens is 2. The molecular weight excluding hydrogens is 242 g/mol. The van der Waals surface area contributed by atoms with E-state index in [-0.39, 0.29) is 0 Å². The van der Waals surface area contributed by atoms with Gasteiger partial charge in [0.15, 0.2) is 0 Å². The minimum absolute atomic E-state index is 0.390. The molecule has 2 rings (SSSR count). The van der Waals surface area contributed by atoms with Crippen LogP contribution in [0.4, 0.5) is 0 Å². The van der Waals surface area contributed by atoms with Gasteiger partial charge in [0.1, 0.15) is 0 Å². The average Bonchev–Trinajstić information content (AvgIpc) is 2.81. The first-order chi connectivity index (χ1) is 8.79. The summed E-state index contributed by atoms with van der Waals surface area (Å²) in [6, 6.07) is 11.0. The van der Waals surface area contributed by atoms with Gasteiger partial charge in [0.25, 0.3) is 0 Å². The van der Waals surface area contributed by atoms with Gasteiger partial charge in [-0.2, -0.15) is 5.10 Å². The number of hydrogen-bond donors (Lipinski definition) is 1. The lowest BCUT2D eigenvalue weighted by Gasteiger charge is -2.17. The molecule has 0 radical (unpaired) electrons. The molecule has 96 valence electrons. The minimum atomic E-state index is 0.390. The van der Waals surface area contributed by atoms with E-state index < -0.39 is 0 Å². The van der Waals surface area contributed by atoms with E-state index in [0.29, 0.717) is 6.04 Å². The molecule has 1 aromatic heterocycles. The van der Waals surface area contributed by atoms with Crippen LogP contribution in [0.3, 0.4) is 0 Å². The van der Waals surface area contributed by atoms with Gasteiger partial charge in [0, 0.05) is 29.9 Å². The summed E-state index contributed by atoms with van der Waals surface area (Å²) in [6.45, 7) is 3.12. The van der Waals surface area contributed by atoms with Gasteiger partial charge in [0.05, 0.1) is 6.20 Å². The number of nitrogens with zero attached hydrogens (tertiary/aromatic N) is 2. The van der Waals surface area contributed by atoms with E-state index in [2.05, 4.69) is 53.9 Å². The summed E-state index contributed by atoms with van der Waals surface area (Å²) >= 11 is 1.84. The number of hydrogen-bond acceptors (Lipinski definition) is 3. The predicted molar refractivity (Wildman–Crippen MR) is 76.8 cm³/mol. The maximum Gasteiger partial charge on any atom is 0.0625 e. The highest BCUT2D eigenvalue weighted by atomic mass is 32.2. The lowest BCUT2D eigenvalue weighted by molar-refractivity contribution is 0.606. The second-order valence-electron chi connectivity index (χ2n) is 4.18. The fourth-order valence-corrected chi connectivity index (χ4v) is 2.88. The Labute approximate surface area is 113 Å². The van der Waals surface area contributed by atoms with Gasteiger partial charge >= 0.3 is 0 Å². The molecule has 1 heterocycles. The maximum atomic E-state index is 4.19. The number of aryl methyl sites for hydroxylation is 1. The standard InChI is InChI=1S/C14H19N3S/c1-3-15-14(12-7-5-4-6-8-12)11-18-13-9-16-17(2)10-13/h4-10,14-15H,3,11H2,1-2H3. The summed E-state index contributed by atoms with van der Waals surface area (Å²) < 4.78 is 1.84. The zero-order chi connectivity index (χ0) is 12.8. The van der Waals surface area contributed by atoms with Crippen molar-refractivity contribution in [2.45, 2.75) is 17.9 Å². The molecule has 1 atom stereocenters. The first-order valence-corrected chi connectivity index (χ1v) is 7.18. The van der Waals surface area contributed by atoms with Crippen molar-refractivity contribution in [1.29, 1.82) is 0 Å². The third-order valence-corrected chi connectivity index (χ3v) is 3.79. The Morgan fingerprint density at radius 2 is 2.11 bits per heavy atom. The van der Waals surface area contributed by atoms with E-state index in [1.54, 1.807) is 0 Å². The van der Waals surface area contributed by atoms with E-state index in [9.17, 15) is 0 Å². The molecule has 0 spiro atoms. The van der Waals surface area contributed by atoms with Gasteiger partial charge in [-0.15, -0.1) is 11.8 Å². The normalized spacial score (nSPS) is 12.6. The number of rotatable bonds is 6. The molecule has 1 aromatic carbocycles. The highest BCUT2D eigenvalue weighted by Crippen LogP contribution is 2.24. The smallest absolute Gasteiger partial charge is 0.0625 e. The number of thioether (sulfide) groups is 1. The van der Waals surface area contributed by atoms with Gasteiger partial charge < -0.3 is 5.32 Å². The zero-order valence-corrected chi connectivity index (χ0v) is 11.7. The molecule has 18 heavy (non-hydrogen) atoms. The first kappa shape index (κ1) is 13.2. The number of benzene rings is 1. The Kier molecular flexibility index (Phi) is 4.84. The Morgan fingerprint density at radius 3 is 2.72 bits per heavy atom. The Morgan fingerprint density at radius 1 is 1.33 bits per heavy atom. The molecular formula is C14H19N3S. The second-order valence-corrected chi connectivity index (χ2v) is 5.28. The lowest BCUT2D eigenvalue weighted by atomic mass is 10.1. The molecule has 0 aliphatic heterocycles. The van der Waals surface area contributed by atoms with Crippen LogP contribution in [-0.2, 0) is 7.05 Å². The first-order valence-electron chi connectivity index (χ1n) is 6.19. The highest BCUT2D eigenvalue weighted by Gasteiger charge is 2.10. The fraction of sp³-hybridized carbons (Fsp3) is 0.357. The molecule has 1 unspecified atom stereocenters. The van der Waals surface area contributed by atoms with Crippen LogP contribution in [0.5, 0.6) is 0 Å². The van der Waals surface area contributed by atoms with E-state index in [0.717, 1.165) is 12.3 Å². The molecule has 3 nitrogen and oxygen atoms in total. The van der Waals surface area contributed by atoms with Crippen molar-refractivity contribution in [1.82, 2.24) is 15.1 Å². The van der Waals surface area contributed by atoms with E-state index >= 15 is 0 Å². The van der Waals surface area contributed by atoms with Crippen molar-refractivity contribution in [2.24, 2.45) is 7.05 Å². The third-order valence-electron chi connectivity index (χ3n) is 2.75. The van der Waals surface area contributed by atoms with E-state index in [1.807, 2.05) is 29.7 Å². The lowest BCUT2D eigenvalue weighted by Crippen LogP contribution is -2.22. The molecule has 4 heteroatoms. The second kappa shape index (κ2) is 6.61. The van der Waals surface area contributed by atoms with Gasteiger partial charge in [-0.3, -0.25) is 4.68 Å². The topological polar surface area (TPSA) is 29.9 Å². The molecule has 1 N–H and O–H groups in total. The van der Waals surface area contributed by atoms with Crippen LogP contribution in [0.15, 0.2) is 47.6 Å². The van der Waals surface area contributed by atoms with Crippen molar-refractivity contribution < 1.29 is 0 Å². The van der Waals surface area contributed by atoms with E-state index in [4.69, 9.17) is 0 Å². The van der Waals surface area contributed by atoms with Gasteiger partial charge in [0.2, 0.25) is 0 Å². The van der Waals surface area contributed by atoms with Gasteiger partial charge in [-0.1, -0.05) is 37.3 Å². The van der Waals surface area contributed by atoms with Crippen molar-refractivity contribution in [3.8, 4) is 0 Å². The average molecular weight is 261 g/mol.